The number of nitrogens with two attached hydrogens (primary N) is 1. The minimum atomic E-state index is -0.567. The van der Waals surface area contributed by atoms with Crippen molar-refractivity contribution in [3.8, 4) is 5.75 Å². The summed E-state index contributed by atoms with van der Waals surface area (Å²) in [5.41, 5.74) is 6.50. The van der Waals surface area contributed by atoms with Gasteiger partial charge in [0.05, 0.1) is 6.04 Å². The van der Waals surface area contributed by atoms with Crippen LogP contribution in [0.2, 0.25) is 5.02 Å². The first-order valence-corrected chi connectivity index (χ1v) is 8.71. The quantitative estimate of drug-likeness (QED) is 0.839. The lowest BCUT2D eigenvalue weighted by Crippen LogP contribution is -2.48. The molecule has 0 bridgehead atoms. The maximum absolute atomic E-state index is 13.1. The number of carbonyl (C=O) groups excluding carboxylic acids is 2. The summed E-state index contributed by atoms with van der Waals surface area (Å²) in [5.74, 6) is -0.248. The monoisotopic (exact) mass is 373 g/mol. The Kier molecular flexibility index (Phi) is 5.75. The van der Waals surface area contributed by atoms with Crippen LogP contribution in [0.5, 0.6) is 5.75 Å². The van der Waals surface area contributed by atoms with Crippen LogP contribution in [-0.2, 0) is 4.79 Å². The van der Waals surface area contributed by atoms with Gasteiger partial charge in [-0.15, -0.1) is 0 Å². The Morgan fingerprint density at radius 1 is 1.23 bits per heavy atom. The van der Waals surface area contributed by atoms with E-state index in [-0.39, 0.29) is 18.6 Å². The van der Waals surface area contributed by atoms with Gasteiger partial charge < -0.3 is 20.7 Å². The second-order valence-electron chi connectivity index (χ2n) is 6.02. The highest BCUT2D eigenvalue weighted by Gasteiger charge is 2.29. The van der Waals surface area contributed by atoms with E-state index in [1.807, 2.05) is 29.2 Å². The van der Waals surface area contributed by atoms with E-state index in [2.05, 4.69) is 5.32 Å². The Hall–Kier alpha value is -2.57. The van der Waals surface area contributed by atoms with Gasteiger partial charge in [-0.1, -0.05) is 35.9 Å². The second-order valence-corrected chi connectivity index (χ2v) is 6.43. The van der Waals surface area contributed by atoms with Gasteiger partial charge in [-0.25, -0.2) is 0 Å². The van der Waals surface area contributed by atoms with Crippen molar-refractivity contribution in [1.82, 2.24) is 10.2 Å². The van der Waals surface area contributed by atoms with Gasteiger partial charge in [-0.05, 0) is 29.8 Å². The van der Waals surface area contributed by atoms with E-state index in [9.17, 15) is 9.59 Å². The fourth-order valence-corrected chi connectivity index (χ4v) is 3.27. The van der Waals surface area contributed by atoms with Gasteiger partial charge in [0.1, 0.15) is 5.75 Å². The third-order valence-electron chi connectivity index (χ3n) is 4.23. The molecule has 0 saturated carbocycles. The summed E-state index contributed by atoms with van der Waals surface area (Å²) in [4.78, 5) is 25.8. The molecule has 26 heavy (non-hydrogen) atoms. The molecule has 7 heteroatoms. The third-order valence-corrected chi connectivity index (χ3v) is 4.57. The van der Waals surface area contributed by atoms with E-state index >= 15 is 0 Å². The van der Waals surface area contributed by atoms with Gasteiger partial charge in [-0.2, -0.15) is 0 Å². The molecule has 1 aliphatic heterocycles. The SMILES string of the molecule is NC(=O)COc1cccc(C(=O)N2CCNCC2c2ccccc2Cl)c1. The molecule has 136 valence electrons. The first kappa shape index (κ1) is 18.2. The van der Waals surface area contributed by atoms with Crippen LogP contribution in [0.3, 0.4) is 0 Å². The third kappa shape index (κ3) is 4.15. The van der Waals surface area contributed by atoms with E-state index in [1.54, 1.807) is 24.3 Å². The molecule has 0 spiro atoms. The summed E-state index contributed by atoms with van der Waals surface area (Å²) in [6.45, 7) is 1.69. The van der Waals surface area contributed by atoms with Crippen LogP contribution in [0.15, 0.2) is 48.5 Å². The van der Waals surface area contributed by atoms with E-state index in [4.69, 9.17) is 22.1 Å². The molecule has 2 amide bonds. The molecular formula is C19H20ClN3O3. The van der Waals surface area contributed by atoms with Crippen LogP contribution in [0, 0.1) is 0 Å². The molecule has 1 atom stereocenters. The van der Waals surface area contributed by atoms with Crippen LogP contribution in [0.4, 0.5) is 0 Å². The summed E-state index contributed by atoms with van der Waals surface area (Å²) in [6, 6.07) is 14.1. The Morgan fingerprint density at radius 3 is 2.81 bits per heavy atom. The predicted molar refractivity (Wildman–Crippen MR) is 99.2 cm³/mol. The molecular weight excluding hydrogens is 354 g/mol. The molecule has 3 N–H and O–H groups in total. The molecule has 1 fully saturated rings. The Morgan fingerprint density at radius 2 is 2.04 bits per heavy atom. The van der Waals surface area contributed by atoms with Crippen molar-refractivity contribution in [2.45, 2.75) is 6.04 Å². The van der Waals surface area contributed by atoms with Crippen molar-refractivity contribution >= 4 is 23.4 Å². The second kappa shape index (κ2) is 8.21. The standard InChI is InChI=1S/C19H20ClN3O3/c20-16-7-2-1-6-15(16)17-11-22-8-9-23(17)19(25)13-4-3-5-14(10-13)26-12-18(21)24/h1-7,10,17,22H,8-9,11-12H2,(H2,21,24). The smallest absolute Gasteiger partial charge is 0.255 e. The minimum absolute atomic E-state index is 0.110. The zero-order chi connectivity index (χ0) is 18.5. The average molecular weight is 374 g/mol. The van der Waals surface area contributed by atoms with Crippen molar-refractivity contribution in [3.63, 3.8) is 0 Å². The van der Waals surface area contributed by atoms with Crippen molar-refractivity contribution in [3.05, 3.63) is 64.7 Å². The van der Waals surface area contributed by atoms with E-state index in [1.165, 1.54) is 0 Å². The fourth-order valence-electron chi connectivity index (χ4n) is 3.01. The number of nitrogens with one attached hydrogen (secondary N) is 1. The maximum Gasteiger partial charge on any atom is 0.255 e. The zero-order valence-electron chi connectivity index (χ0n) is 14.2. The van der Waals surface area contributed by atoms with Gasteiger partial charge in [0.25, 0.3) is 11.8 Å². The normalized spacial score (nSPS) is 17.0. The first-order valence-electron chi connectivity index (χ1n) is 8.33. The predicted octanol–water partition coefficient (Wildman–Crippen LogP) is 1.99. The van der Waals surface area contributed by atoms with Gasteiger partial charge in [0.2, 0.25) is 0 Å². The number of ether oxygens (including phenoxy) is 1. The minimum Gasteiger partial charge on any atom is -0.484 e. The number of rotatable bonds is 5. The number of nitrogens with zero attached hydrogens (tertiary/aromatic N) is 1. The number of carbonyl (C=O) groups is 2. The van der Waals surface area contributed by atoms with Crippen LogP contribution in [0.1, 0.15) is 22.0 Å². The van der Waals surface area contributed by atoms with Crippen LogP contribution in [0.25, 0.3) is 0 Å². The number of piperazine rings is 1. The van der Waals surface area contributed by atoms with Gasteiger partial charge in [-0.3, -0.25) is 9.59 Å². The Balaban J connectivity index is 1.84. The summed E-state index contributed by atoms with van der Waals surface area (Å²) < 4.78 is 5.30. The number of hydrogen-bond donors (Lipinski definition) is 2. The molecule has 6 nitrogen and oxygen atoms in total. The van der Waals surface area contributed by atoms with Gasteiger partial charge >= 0.3 is 0 Å². The molecule has 2 aromatic carbocycles. The number of halogens is 1. The van der Waals surface area contributed by atoms with Crippen molar-refractivity contribution in [2.75, 3.05) is 26.2 Å². The number of hydrogen-bond acceptors (Lipinski definition) is 4. The lowest BCUT2D eigenvalue weighted by Gasteiger charge is -2.37. The first-order chi connectivity index (χ1) is 12.6. The zero-order valence-corrected chi connectivity index (χ0v) is 14.9. The highest BCUT2D eigenvalue weighted by atomic mass is 35.5. The van der Waals surface area contributed by atoms with Crippen molar-refractivity contribution < 1.29 is 14.3 Å². The number of primary amides is 1. The molecule has 0 aliphatic carbocycles. The molecule has 1 unspecified atom stereocenters. The van der Waals surface area contributed by atoms with Crippen LogP contribution >= 0.6 is 11.6 Å². The Bertz CT molecular complexity index is 812. The van der Waals surface area contributed by atoms with Crippen LogP contribution in [-0.4, -0.2) is 43.0 Å². The van der Waals surface area contributed by atoms with E-state index in [0.717, 1.165) is 5.56 Å². The lowest BCUT2D eigenvalue weighted by atomic mass is 10.0. The topological polar surface area (TPSA) is 84.7 Å². The van der Waals surface area contributed by atoms with Gasteiger partial charge in [0.15, 0.2) is 6.61 Å². The molecule has 1 heterocycles. The molecule has 0 aromatic heterocycles. The molecule has 0 radical (unpaired) electrons. The summed E-state index contributed by atoms with van der Waals surface area (Å²) in [6.07, 6.45) is 0. The lowest BCUT2D eigenvalue weighted by molar-refractivity contribution is -0.119. The van der Waals surface area contributed by atoms with Crippen molar-refractivity contribution in [1.29, 1.82) is 0 Å². The molecule has 3 rings (SSSR count). The van der Waals surface area contributed by atoms with Crippen molar-refractivity contribution in [2.24, 2.45) is 5.73 Å². The highest BCUT2D eigenvalue weighted by molar-refractivity contribution is 6.31. The molecule has 2 aromatic rings. The van der Waals surface area contributed by atoms with E-state index in [0.29, 0.717) is 36.0 Å². The van der Waals surface area contributed by atoms with E-state index < -0.39 is 5.91 Å². The summed E-state index contributed by atoms with van der Waals surface area (Å²) in [5, 5.41) is 3.95. The maximum atomic E-state index is 13.1. The summed E-state index contributed by atoms with van der Waals surface area (Å²) in [7, 11) is 0. The highest BCUT2D eigenvalue weighted by Crippen LogP contribution is 2.30. The summed E-state index contributed by atoms with van der Waals surface area (Å²) >= 11 is 6.34. The largest absolute Gasteiger partial charge is 0.484 e. The number of amides is 2. The number of benzene rings is 2. The Labute approximate surface area is 156 Å². The van der Waals surface area contributed by atoms with Crippen LogP contribution < -0.4 is 15.8 Å². The fraction of sp³-hybridized carbons (Fsp3) is 0.263. The molecule has 1 saturated heterocycles. The molecule has 1 aliphatic rings. The average Bonchev–Trinajstić information content (AvgIpc) is 2.66. The van der Waals surface area contributed by atoms with Gasteiger partial charge in [0, 0.05) is 30.2 Å².